The number of carbonyl (C=O) groups excluding carboxylic acids is 2. The van der Waals surface area contributed by atoms with E-state index in [0.29, 0.717) is 31.7 Å². The van der Waals surface area contributed by atoms with E-state index in [4.69, 9.17) is 13.9 Å². The lowest BCUT2D eigenvalue weighted by Crippen LogP contribution is -2.48. The fourth-order valence-electron chi connectivity index (χ4n) is 5.04. The fourth-order valence-corrected chi connectivity index (χ4v) is 5.04. The largest absolute Gasteiger partial charge is 0.497 e. The molecular formula is C29H34N2O5. The first-order chi connectivity index (χ1) is 17.5. The summed E-state index contributed by atoms with van der Waals surface area (Å²) in [7, 11) is 5.12. The minimum atomic E-state index is -0.137. The molecule has 190 valence electrons. The number of likely N-dealkylation sites (tertiary alicyclic amines) is 1. The van der Waals surface area contributed by atoms with Gasteiger partial charge in [-0.1, -0.05) is 30.3 Å². The normalized spacial score (nSPS) is 14.8. The van der Waals surface area contributed by atoms with Crippen LogP contribution in [-0.4, -0.2) is 62.0 Å². The van der Waals surface area contributed by atoms with Crippen molar-refractivity contribution in [1.82, 2.24) is 9.80 Å². The summed E-state index contributed by atoms with van der Waals surface area (Å²) in [4.78, 5) is 30.0. The molecule has 2 amide bonds. The molecule has 4 rings (SSSR count). The van der Waals surface area contributed by atoms with Crippen molar-refractivity contribution in [3.63, 3.8) is 0 Å². The molecule has 1 aromatic heterocycles. The number of amides is 2. The lowest BCUT2D eigenvalue weighted by molar-refractivity contribution is -0.132. The smallest absolute Gasteiger partial charge is 0.289 e. The van der Waals surface area contributed by atoms with Crippen LogP contribution >= 0.6 is 0 Å². The Kier molecular flexibility index (Phi) is 8.31. The Balaban J connectivity index is 1.46. The van der Waals surface area contributed by atoms with Crippen molar-refractivity contribution in [3.8, 4) is 11.5 Å². The molecule has 7 heteroatoms. The van der Waals surface area contributed by atoms with Gasteiger partial charge in [-0.05, 0) is 61.1 Å². The van der Waals surface area contributed by atoms with Gasteiger partial charge in [0.25, 0.3) is 5.91 Å². The Labute approximate surface area is 212 Å². The van der Waals surface area contributed by atoms with E-state index in [-0.39, 0.29) is 23.8 Å². The Morgan fingerprint density at radius 3 is 2.50 bits per heavy atom. The van der Waals surface area contributed by atoms with Gasteiger partial charge in [-0.25, -0.2) is 0 Å². The maximum Gasteiger partial charge on any atom is 0.289 e. The molecule has 3 aromatic rings. The highest BCUT2D eigenvalue weighted by atomic mass is 16.5. The molecule has 0 spiro atoms. The topological polar surface area (TPSA) is 72.2 Å². The molecule has 36 heavy (non-hydrogen) atoms. The molecule has 0 bridgehead atoms. The number of nitrogens with zero attached hydrogens (tertiary/aromatic N) is 2. The van der Waals surface area contributed by atoms with E-state index >= 15 is 0 Å². The van der Waals surface area contributed by atoms with Crippen LogP contribution in [0.25, 0.3) is 0 Å². The number of piperidine rings is 1. The van der Waals surface area contributed by atoms with E-state index in [2.05, 4.69) is 6.07 Å². The Hall–Kier alpha value is -3.74. The first-order valence-electron chi connectivity index (χ1n) is 12.3. The van der Waals surface area contributed by atoms with Crippen LogP contribution in [0.4, 0.5) is 0 Å². The van der Waals surface area contributed by atoms with Gasteiger partial charge in [0, 0.05) is 31.7 Å². The highest BCUT2D eigenvalue weighted by molar-refractivity contribution is 5.91. The zero-order valence-corrected chi connectivity index (χ0v) is 21.2. The van der Waals surface area contributed by atoms with Crippen molar-refractivity contribution in [1.29, 1.82) is 0 Å². The number of carbonyl (C=O) groups is 2. The van der Waals surface area contributed by atoms with E-state index in [0.717, 1.165) is 35.5 Å². The second-order valence-corrected chi connectivity index (χ2v) is 9.22. The van der Waals surface area contributed by atoms with Crippen molar-refractivity contribution >= 4 is 11.8 Å². The number of benzene rings is 2. The summed E-state index contributed by atoms with van der Waals surface area (Å²) in [5.41, 5.74) is 2.00. The minimum absolute atomic E-state index is 0.0406. The Morgan fingerprint density at radius 2 is 1.81 bits per heavy atom. The summed E-state index contributed by atoms with van der Waals surface area (Å²) in [6, 6.07) is 19.0. The zero-order chi connectivity index (χ0) is 25.5. The van der Waals surface area contributed by atoms with Crippen LogP contribution in [0.3, 0.4) is 0 Å². The molecule has 1 aliphatic heterocycles. The molecule has 1 aliphatic rings. The van der Waals surface area contributed by atoms with Crippen molar-refractivity contribution in [2.45, 2.75) is 31.7 Å². The lowest BCUT2D eigenvalue weighted by Gasteiger charge is -2.40. The number of hydrogen-bond donors (Lipinski definition) is 0. The SMILES string of the molecule is COc1cccc(CC(C2CCN(C(=O)Cc3ccccc3OC)CC2)N(C)C(=O)c2ccco2)c1. The second-order valence-electron chi connectivity index (χ2n) is 9.22. The molecule has 1 unspecified atom stereocenters. The zero-order valence-electron chi connectivity index (χ0n) is 21.2. The van der Waals surface area contributed by atoms with E-state index < -0.39 is 0 Å². The van der Waals surface area contributed by atoms with Crippen LogP contribution in [-0.2, 0) is 17.6 Å². The predicted octanol–water partition coefficient (Wildman–Crippen LogP) is 4.46. The quantitative estimate of drug-likeness (QED) is 0.443. The Morgan fingerprint density at radius 1 is 1.03 bits per heavy atom. The van der Waals surface area contributed by atoms with Gasteiger partial charge in [0.15, 0.2) is 5.76 Å². The molecule has 0 radical (unpaired) electrons. The van der Waals surface area contributed by atoms with Gasteiger partial charge in [-0.3, -0.25) is 9.59 Å². The predicted molar refractivity (Wildman–Crippen MR) is 137 cm³/mol. The summed E-state index contributed by atoms with van der Waals surface area (Å²) in [5.74, 6) is 2.07. The van der Waals surface area contributed by atoms with Gasteiger partial charge in [0.05, 0.1) is 26.9 Å². The monoisotopic (exact) mass is 490 g/mol. The molecular weight excluding hydrogens is 456 g/mol. The summed E-state index contributed by atoms with van der Waals surface area (Å²) in [6.45, 7) is 1.33. The number of hydrogen-bond acceptors (Lipinski definition) is 5. The fraction of sp³-hybridized carbons (Fsp3) is 0.379. The van der Waals surface area contributed by atoms with Crippen molar-refractivity contribution in [2.75, 3.05) is 34.4 Å². The first-order valence-corrected chi connectivity index (χ1v) is 12.3. The van der Waals surface area contributed by atoms with E-state index in [1.165, 1.54) is 6.26 Å². The van der Waals surface area contributed by atoms with Gasteiger partial charge >= 0.3 is 0 Å². The molecule has 0 N–H and O–H groups in total. The molecule has 2 heterocycles. The van der Waals surface area contributed by atoms with Crippen LogP contribution in [0, 0.1) is 5.92 Å². The maximum absolute atomic E-state index is 13.2. The van der Waals surface area contributed by atoms with Crippen molar-refractivity contribution < 1.29 is 23.5 Å². The molecule has 0 saturated carbocycles. The standard InChI is InChI=1S/C29H34N2O5/c1-30(29(33)27-12-7-17-36-27)25(19-21-8-6-10-24(18-21)34-2)22-13-15-31(16-14-22)28(32)20-23-9-4-5-11-26(23)35-3/h4-12,17-18,22,25H,13-16,19-20H2,1-3H3. The first kappa shape index (κ1) is 25.4. The summed E-state index contributed by atoms with van der Waals surface area (Å²) in [5, 5.41) is 0. The third kappa shape index (κ3) is 5.90. The maximum atomic E-state index is 13.2. The van der Waals surface area contributed by atoms with Gasteiger partial charge in [0.2, 0.25) is 5.91 Å². The molecule has 0 aliphatic carbocycles. The van der Waals surface area contributed by atoms with E-state index in [9.17, 15) is 9.59 Å². The molecule has 7 nitrogen and oxygen atoms in total. The van der Waals surface area contributed by atoms with Crippen LogP contribution in [0.15, 0.2) is 71.3 Å². The number of ether oxygens (including phenoxy) is 2. The van der Waals surface area contributed by atoms with Crippen LogP contribution in [0.5, 0.6) is 11.5 Å². The number of furan rings is 1. The Bertz CT molecular complexity index is 1150. The van der Waals surface area contributed by atoms with Crippen LogP contribution in [0.2, 0.25) is 0 Å². The van der Waals surface area contributed by atoms with Crippen molar-refractivity contribution in [2.24, 2.45) is 5.92 Å². The molecule has 1 atom stereocenters. The lowest BCUT2D eigenvalue weighted by atomic mass is 9.84. The van der Waals surface area contributed by atoms with Gasteiger partial charge in [0.1, 0.15) is 11.5 Å². The van der Waals surface area contributed by atoms with E-state index in [1.807, 2.05) is 54.4 Å². The molecule has 2 aromatic carbocycles. The number of para-hydroxylation sites is 1. The summed E-state index contributed by atoms with van der Waals surface area (Å²) in [6.07, 6.45) is 4.17. The van der Waals surface area contributed by atoms with Gasteiger partial charge in [-0.15, -0.1) is 0 Å². The average Bonchev–Trinajstić information content (AvgIpc) is 3.46. The second kappa shape index (κ2) is 11.8. The highest BCUT2D eigenvalue weighted by Crippen LogP contribution is 2.29. The van der Waals surface area contributed by atoms with Crippen LogP contribution in [0.1, 0.15) is 34.5 Å². The summed E-state index contributed by atoms with van der Waals surface area (Å²) >= 11 is 0. The third-order valence-electron chi connectivity index (χ3n) is 7.10. The van der Waals surface area contributed by atoms with Gasteiger partial charge in [-0.2, -0.15) is 0 Å². The summed E-state index contributed by atoms with van der Waals surface area (Å²) < 4.78 is 16.2. The molecule has 1 saturated heterocycles. The highest BCUT2D eigenvalue weighted by Gasteiger charge is 2.34. The number of likely N-dealkylation sites (N-methyl/N-ethyl adjacent to an activating group) is 1. The number of rotatable bonds is 9. The number of methoxy groups -OCH3 is 2. The van der Waals surface area contributed by atoms with Crippen LogP contribution < -0.4 is 9.47 Å². The molecule has 1 fully saturated rings. The van der Waals surface area contributed by atoms with E-state index in [1.54, 1.807) is 31.3 Å². The average molecular weight is 491 g/mol. The minimum Gasteiger partial charge on any atom is -0.497 e. The third-order valence-corrected chi connectivity index (χ3v) is 7.10. The van der Waals surface area contributed by atoms with Gasteiger partial charge < -0.3 is 23.7 Å². The van der Waals surface area contributed by atoms with Crippen molar-refractivity contribution in [3.05, 3.63) is 83.8 Å².